The molecule has 0 aliphatic heterocycles. The fourth-order valence-corrected chi connectivity index (χ4v) is 1.47. The number of carboxylic acid groups (broad SMARTS) is 1. The van der Waals surface area contributed by atoms with Crippen molar-refractivity contribution in [2.75, 3.05) is 12.3 Å². The van der Waals surface area contributed by atoms with Gasteiger partial charge in [0, 0.05) is 0 Å². The Morgan fingerprint density at radius 3 is 3.00 bits per heavy atom. The van der Waals surface area contributed by atoms with E-state index in [2.05, 4.69) is 4.98 Å². The van der Waals surface area contributed by atoms with Crippen LogP contribution in [0.25, 0.3) is 0 Å². The highest BCUT2D eigenvalue weighted by Gasteiger charge is 2.21. The maximum Gasteiger partial charge on any atom is 0.341 e. The second-order valence-electron chi connectivity index (χ2n) is 4.01. The summed E-state index contributed by atoms with van der Waals surface area (Å²) in [5.74, 6) is -0.161. The summed E-state index contributed by atoms with van der Waals surface area (Å²) < 4.78 is 5.36. The number of nitrogens with zero attached hydrogens (tertiary/aromatic N) is 1. The van der Waals surface area contributed by atoms with Crippen LogP contribution in [0, 0.1) is 5.92 Å². The van der Waals surface area contributed by atoms with Crippen molar-refractivity contribution in [1.29, 1.82) is 0 Å². The third-order valence-corrected chi connectivity index (χ3v) is 2.56. The van der Waals surface area contributed by atoms with Crippen molar-refractivity contribution in [2.24, 2.45) is 5.92 Å². The van der Waals surface area contributed by atoms with E-state index in [4.69, 9.17) is 15.6 Å². The molecule has 1 fully saturated rings. The maximum absolute atomic E-state index is 10.9. The van der Waals surface area contributed by atoms with Crippen molar-refractivity contribution >= 4 is 11.7 Å². The molecule has 1 aliphatic rings. The largest absolute Gasteiger partial charge is 0.477 e. The number of anilines is 1. The zero-order valence-electron chi connectivity index (χ0n) is 8.85. The normalized spacial score (nSPS) is 14.8. The molecule has 3 N–H and O–H groups in total. The van der Waals surface area contributed by atoms with Crippen molar-refractivity contribution in [3.63, 3.8) is 0 Å². The molecule has 0 amide bonds. The molecule has 86 valence electrons. The van der Waals surface area contributed by atoms with E-state index in [0.29, 0.717) is 12.3 Å². The molecular weight excluding hydrogens is 208 g/mol. The molecule has 0 saturated heterocycles. The number of rotatable bonds is 5. The monoisotopic (exact) mass is 222 g/mol. The summed E-state index contributed by atoms with van der Waals surface area (Å²) in [5.41, 5.74) is 5.82. The molecule has 0 bridgehead atoms. The molecule has 0 radical (unpaired) electrons. The predicted molar refractivity (Wildman–Crippen MR) is 58.4 cm³/mol. The lowest BCUT2D eigenvalue weighted by Gasteiger charge is -2.07. The molecule has 0 spiro atoms. The van der Waals surface area contributed by atoms with Gasteiger partial charge in [-0.3, -0.25) is 0 Å². The number of aromatic carboxylic acids is 1. The van der Waals surface area contributed by atoms with Gasteiger partial charge in [0.1, 0.15) is 5.56 Å². The number of nitrogens with two attached hydrogens (primary N) is 1. The average Bonchev–Trinajstić information content (AvgIpc) is 3.04. The molecule has 5 nitrogen and oxygen atoms in total. The molecule has 2 rings (SSSR count). The van der Waals surface area contributed by atoms with Crippen LogP contribution in [0.15, 0.2) is 12.3 Å². The van der Waals surface area contributed by atoms with Crippen LogP contribution in [0.5, 0.6) is 5.88 Å². The number of nitrogen functional groups attached to an aromatic ring is 1. The Balaban J connectivity index is 2.02. The van der Waals surface area contributed by atoms with Crippen LogP contribution in [0.4, 0.5) is 5.69 Å². The SMILES string of the molecule is Nc1cnc(OCCC2CC2)c(C(=O)O)c1. The molecule has 0 atom stereocenters. The number of hydrogen-bond donors (Lipinski definition) is 2. The van der Waals surface area contributed by atoms with Crippen LogP contribution >= 0.6 is 0 Å². The van der Waals surface area contributed by atoms with Gasteiger partial charge in [-0.05, 0) is 18.4 Å². The number of ether oxygens (including phenoxy) is 1. The van der Waals surface area contributed by atoms with E-state index in [9.17, 15) is 4.79 Å². The summed E-state index contributed by atoms with van der Waals surface area (Å²) in [6.45, 7) is 0.516. The first-order chi connectivity index (χ1) is 7.66. The van der Waals surface area contributed by atoms with Gasteiger partial charge < -0.3 is 15.6 Å². The molecular formula is C11H14N2O3. The highest BCUT2D eigenvalue weighted by Crippen LogP contribution is 2.32. The van der Waals surface area contributed by atoms with Crippen LogP contribution in [0.3, 0.4) is 0 Å². The van der Waals surface area contributed by atoms with Crippen LogP contribution in [-0.4, -0.2) is 22.7 Å². The predicted octanol–water partition coefficient (Wildman–Crippen LogP) is 1.54. The first-order valence-corrected chi connectivity index (χ1v) is 5.28. The van der Waals surface area contributed by atoms with E-state index in [0.717, 1.165) is 12.3 Å². The minimum absolute atomic E-state index is 0.0239. The fourth-order valence-electron chi connectivity index (χ4n) is 1.47. The summed E-state index contributed by atoms with van der Waals surface area (Å²) in [6.07, 6.45) is 4.87. The lowest BCUT2D eigenvalue weighted by molar-refractivity contribution is 0.0691. The first-order valence-electron chi connectivity index (χ1n) is 5.28. The molecule has 0 unspecified atom stereocenters. The highest BCUT2D eigenvalue weighted by molar-refractivity contribution is 5.91. The summed E-state index contributed by atoms with van der Waals surface area (Å²) in [4.78, 5) is 14.8. The molecule has 1 heterocycles. The van der Waals surface area contributed by atoms with Crippen LogP contribution in [-0.2, 0) is 0 Å². The van der Waals surface area contributed by atoms with Gasteiger partial charge in [0.05, 0.1) is 18.5 Å². The van der Waals surface area contributed by atoms with Gasteiger partial charge >= 0.3 is 5.97 Å². The Morgan fingerprint density at radius 1 is 1.62 bits per heavy atom. The van der Waals surface area contributed by atoms with Crippen molar-refractivity contribution in [3.8, 4) is 5.88 Å². The Bertz CT molecular complexity index is 402. The van der Waals surface area contributed by atoms with Gasteiger partial charge in [-0.2, -0.15) is 0 Å². The van der Waals surface area contributed by atoms with E-state index < -0.39 is 5.97 Å². The van der Waals surface area contributed by atoms with Gasteiger partial charge in [-0.25, -0.2) is 9.78 Å². The lowest BCUT2D eigenvalue weighted by Crippen LogP contribution is -2.07. The molecule has 0 aromatic carbocycles. The maximum atomic E-state index is 10.9. The fraction of sp³-hybridized carbons (Fsp3) is 0.455. The molecule has 1 saturated carbocycles. The van der Waals surface area contributed by atoms with Gasteiger partial charge in [0.15, 0.2) is 0 Å². The smallest absolute Gasteiger partial charge is 0.341 e. The lowest BCUT2D eigenvalue weighted by atomic mass is 10.2. The quantitative estimate of drug-likeness (QED) is 0.789. The minimum atomic E-state index is -1.07. The zero-order chi connectivity index (χ0) is 11.5. The Labute approximate surface area is 93.2 Å². The van der Waals surface area contributed by atoms with Crippen molar-refractivity contribution < 1.29 is 14.6 Å². The average molecular weight is 222 g/mol. The number of pyridine rings is 1. The standard InChI is InChI=1S/C11H14N2O3/c12-8-5-9(11(14)15)10(13-6-8)16-4-3-7-1-2-7/h5-7H,1-4,12H2,(H,14,15). The van der Waals surface area contributed by atoms with Crippen molar-refractivity contribution in [3.05, 3.63) is 17.8 Å². The summed E-state index contributed by atoms with van der Waals surface area (Å²) >= 11 is 0. The Morgan fingerprint density at radius 2 is 2.38 bits per heavy atom. The van der Waals surface area contributed by atoms with Crippen LogP contribution < -0.4 is 10.5 Å². The number of carboxylic acids is 1. The van der Waals surface area contributed by atoms with E-state index in [1.807, 2.05) is 0 Å². The van der Waals surface area contributed by atoms with Gasteiger partial charge in [-0.15, -0.1) is 0 Å². The van der Waals surface area contributed by atoms with Gasteiger partial charge in [0.2, 0.25) is 5.88 Å². The molecule has 5 heteroatoms. The van der Waals surface area contributed by atoms with Crippen molar-refractivity contribution in [2.45, 2.75) is 19.3 Å². The number of aromatic nitrogens is 1. The second kappa shape index (κ2) is 4.38. The third kappa shape index (κ3) is 2.62. The van der Waals surface area contributed by atoms with Gasteiger partial charge in [-0.1, -0.05) is 12.8 Å². The van der Waals surface area contributed by atoms with Crippen LogP contribution in [0.2, 0.25) is 0 Å². The second-order valence-corrected chi connectivity index (χ2v) is 4.01. The number of hydrogen-bond acceptors (Lipinski definition) is 4. The van der Waals surface area contributed by atoms with Crippen LogP contribution in [0.1, 0.15) is 29.6 Å². The minimum Gasteiger partial charge on any atom is -0.477 e. The van der Waals surface area contributed by atoms with E-state index in [-0.39, 0.29) is 11.4 Å². The van der Waals surface area contributed by atoms with E-state index in [1.165, 1.54) is 25.1 Å². The molecule has 1 aromatic heterocycles. The van der Waals surface area contributed by atoms with E-state index >= 15 is 0 Å². The molecule has 16 heavy (non-hydrogen) atoms. The van der Waals surface area contributed by atoms with Gasteiger partial charge in [0.25, 0.3) is 0 Å². The van der Waals surface area contributed by atoms with E-state index in [1.54, 1.807) is 0 Å². The summed E-state index contributed by atoms with van der Waals surface area (Å²) in [5, 5.41) is 8.94. The number of carbonyl (C=O) groups is 1. The molecule has 1 aromatic rings. The topological polar surface area (TPSA) is 85.4 Å². The zero-order valence-corrected chi connectivity index (χ0v) is 8.85. The third-order valence-electron chi connectivity index (χ3n) is 2.56. The first kappa shape index (κ1) is 10.7. The Hall–Kier alpha value is -1.78. The highest BCUT2D eigenvalue weighted by atomic mass is 16.5. The molecule has 1 aliphatic carbocycles. The summed E-state index contributed by atoms with van der Waals surface area (Å²) in [6, 6.07) is 1.36. The van der Waals surface area contributed by atoms with Crippen molar-refractivity contribution in [1.82, 2.24) is 4.98 Å². The summed E-state index contributed by atoms with van der Waals surface area (Å²) in [7, 11) is 0. The Kier molecular flexibility index (Phi) is 2.94.